The summed E-state index contributed by atoms with van der Waals surface area (Å²) < 4.78 is 4.87. The number of carbonyl (C=O) groups is 1. The molecule has 76 valence electrons. The van der Waals surface area contributed by atoms with Crippen molar-refractivity contribution in [2.45, 2.75) is 26.7 Å². The molecule has 0 saturated carbocycles. The molecule has 0 aromatic carbocycles. The molecule has 14 heavy (non-hydrogen) atoms. The van der Waals surface area contributed by atoms with Gasteiger partial charge in [-0.3, -0.25) is 4.79 Å². The minimum atomic E-state index is -0.852. The summed E-state index contributed by atoms with van der Waals surface area (Å²) >= 11 is 0. The third-order valence-corrected chi connectivity index (χ3v) is 2.08. The molecule has 0 unspecified atom stereocenters. The Morgan fingerprint density at radius 1 is 1.50 bits per heavy atom. The predicted octanol–water partition coefficient (Wildman–Crippen LogP) is 1.27. The molecule has 0 saturated heterocycles. The molecule has 0 spiro atoms. The summed E-state index contributed by atoms with van der Waals surface area (Å²) in [5, 5.41) is 8.52. The molecule has 4 nitrogen and oxygen atoms in total. The van der Waals surface area contributed by atoms with Crippen molar-refractivity contribution < 1.29 is 14.3 Å². The van der Waals surface area contributed by atoms with Crippen LogP contribution >= 0.6 is 0 Å². The van der Waals surface area contributed by atoms with Crippen LogP contribution < -0.4 is 5.63 Å². The van der Waals surface area contributed by atoms with Crippen LogP contribution in [0.5, 0.6) is 0 Å². The first-order chi connectivity index (χ1) is 6.50. The highest BCUT2D eigenvalue weighted by atomic mass is 16.4. The second-order valence-electron chi connectivity index (χ2n) is 3.18. The highest BCUT2D eigenvalue weighted by Crippen LogP contribution is 2.12. The number of hydrogen-bond donors (Lipinski definition) is 1. The second-order valence-corrected chi connectivity index (χ2v) is 3.18. The zero-order chi connectivity index (χ0) is 10.7. The van der Waals surface area contributed by atoms with Crippen molar-refractivity contribution in [2.24, 2.45) is 0 Å². The van der Waals surface area contributed by atoms with Gasteiger partial charge in [0.1, 0.15) is 5.76 Å². The Kier molecular flexibility index (Phi) is 3.06. The van der Waals surface area contributed by atoms with Crippen molar-refractivity contribution >= 4 is 5.97 Å². The van der Waals surface area contributed by atoms with Crippen LogP contribution in [-0.2, 0) is 11.2 Å². The summed E-state index contributed by atoms with van der Waals surface area (Å²) in [6.45, 7) is 3.45. The summed E-state index contributed by atoms with van der Waals surface area (Å²) in [6, 6.07) is 1.38. The van der Waals surface area contributed by atoms with E-state index in [0.29, 0.717) is 12.2 Å². The number of aliphatic carboxylic acids is 1. The molecule has 0 amide bonds. The average Bonchev–Trinajstić information content (AvgIpc) is 2.01. The van der Waals surface area contributed by atoms with Crippen LogP contribution in [0.15, 0.2) is 15.3 Å². The van der Waals surface area contributed by atoms with E-state index in [0.717, 1.165) is 11.1 Å². The van der Waals surface area contributed by atoms with E-state index in [1.807, 2.05) is 0 Å². The summed E-state index contributed by atoms with van der Waals surface area (Å²) in [5.74, 6) is -0.341. The van der Waals surface area contributed by atoms with Crippen LogP contribution in [0.25, 0.3) is 0 Å². The van der Waals surface area contributed by atoms with Gasteiger partial charge in [0.2, 0.25) is 0 Å². The Balaban J connectivity index is 2.97. The zero-order valence-electron chi connectivity index (χ0n) is 8.16. The van der Waals surface area contributed by atoms with Crippen molar-refractivity contribution in [1.82, 2.24) is 0 Å². The van der Waals surface area contributed by atoms with Gasteiger partial charge in [0, 0.05) is 12.5 Å². The SMILES string of the molecule is Cc1cc(=O)oc(C)c1CCC(=O)O. The third-order valence-electron chi connectivity index (χ3n) is 2.08. The Hall–Kier alpha value is -1.58. The number of carboxylic acid groups (broad SMARTS) is 1. The fourth-order valence-electron chi connectivity index (χ4n) is 1.39. The predicted molar refractivity (Wildman–Crippen MR) is 50.4 cm³/mol. The molecular weight excluding hydrogens is 184 g/mol. The van der Waals surface area contributed by atoms with Crippen LogP contribution in [0.4, 0.5) is 0 Å². The van der Waals surface area contributed by atoms with Crippen LogP contribution in [0.3, 0.4) is 0 Å². The molecule has 1 rings (SSSR count). The molecule has 1 N–H and O–H groups in total. The summed E-state index contributed by atoms with van der Waals surface area (Å²) in [4.78, 5) is 21.3. The van der Waals surface area contributed by atoms with E-state index in [2.05, 4.69) is 0 Å². The number of rotatable bonds is 3. The molecule has 1 aromatic rings. The molecule has 1 aromatic heterocycles. The standard InChI is InChI=1S/C10H12O4/c1-6-5-10(13)14-7(2)8(6)3-4-9(11)12/h5H,3-4H2,1-2H3,(H,11,12). The highest BCUT2D eigenvalue weighted by molar-refractivity contribution is 5.67. The normalized spacial score (nSPS) is 10.1. The lowest BCUT2D eigenvalue weighted by molar-refractivity contribution is -0.136. The van der Waals surface area contributed by atoms with Gasteiger partial charge >= 0.3 is 11.6 Å². The van der Waals surface area contributed by atoms with Gasteiger partial charge in [-0.25, -0.2) is 4.79 Å². The lowest BCUT2D eigenvalue weighted by Gasteiger charge is -2.05. The van der Waals surface area contributed by atoms with E-state index in [9.17, 15) is 9.59 Å². The Morgan fingerprint density at radius 3 is 2.64 bits per heavy atom. The summed E-state index contributed by atoms with van der Waals surface area (Å²) in [6.07, 6.45) is 0.451. The maximum atomic E-state index is 10.9. The molecule has 0 radical (unpaired) electrons. The molecule has 0 aliphatic heterocycles. The van der Waals surface area contributed by atoms with Crippen molar-refractivity contribution in [3.8, 4) is 0 Å². The number of carboxylic acids is 1. The Labute approximate surface area is 81.2 Å². The zero-order valence-corrected chi connectivity index (χ0v) is 8.16. The van der Waals surface area contributed by atoms with Gasteiger partial charge in [0.25, 0.3) is 0 Å². The van der Waals surface area contributed by atoms with Crippen molar-refractivity contribution in [3.05, 3.63) is 33.4 Å². The Morgan fingerprint density at radius 2 is 2.14 bits per heavy atom. The molecule has 4 heteroatoms. The number of hydrogen-bond acceptors (Lipinski definition) is 3. The topological polar surface area (TPSA) is 67.5 Å². The second kappa shape index (κ2) is 4.09. The summed E-state index contributed by atoms with van der Waals surface area (Å²) in [7, 11) is 0. The fourth-order valence-corrected chi connectivity index (χ4v) is 1.39. The monoisotopic (exact) mass is 196 g/mol. The van der Waals surface area contributed by atoms with Gasteiger partial charge in [0.05, 0.1) is 0 Å². The minimum Gasteiger partial charge on any atom is -0.481 e. The first kappa shape index (κ1) is 10.5. The number of aryl methyl sites for hydroxylation is 2. The van der Waals surface area contributed by atoms with E-state index < -0.39 is 5.97 Å². The Bertz CT molecular complexity index is 377. The van der Waals surface area contributed by atoms with Gasteiger partial charge in [-0.15, -0.1) is 0 Å². The van der Waals surface area contributed by atoms with Gasteiger partial charge in [-0.05, 0) is 31.4 Å². The van der Waals surface area contributed by atoms with Gasteiger partial charge in [-0.2, -0.15) is 0 Å². The first-order valence-electron chi connectivity index (χ1n) is 4.32. The quantitative estimate of drug-likeness (QED) is 0.790. The molecule has 0 aliphatic rings. The van der Waals surface area contributed by atoms with E-state index in [4.69, 9.17) is 9.52 Å². The van der Waals surface area contributed by atoms with Crippen LogP contribution in [-0.4, -0.2) is 11.1 Å². The first-order valence-corrected chi connectivity index (χ1v) is 4.32. The van der Waals surface area contributed by atoms with Gasteiger partial charge in [-0.1, -0.05) is 0 Å². The minimum absolute atomic E-state index is 0.0510. The molecule has 0 aliphatic carbocycles. The van der Waals surface area contributed by atoms with Crippen molar-refractivity contribution in [3.63, 3.8) is 0 Å². The van der Waals surface area contributed by atoms with Crippen LogP contribution in [0.2, 0.25) is 0 Å². The van der Waals surface area contributed by atoms with Crippen molar-refractivity contribution in [2.75, 3.05) is 0 Å². The molecular formula is C10H12O4. The van der Waals surface area contributed by atoms with Crippen molar-refractivity contribution in [1.29, 1.82) is 0 Å². The maximum absolute atomic E-state index is 10.9. The largest absolute Gasteiger partial charge is 0.481 e. The van der Waals surface area contributed by atoms with Crippen LogP contribution in [0, 0.1) is 13.8 Å². The lowest BCUT2D eigenvalue weighted by atomic mass is 10.0. The van der Waals surface area contributed by atoms with E-state index >= 15 is 0 Å². The van der Waals surface area contributed by atoms with E-state index in [1.54, 1.807) is 13.8 Å². The molecule has 0 fully saturated rings. The molecule has 1 heterocycles. The highest BCUT2D eigenvalue weighted by Gasteiger charge is 2.08. The lowest BCUT2D eigenvalue weighted by Crippen LogP contribution is -2.06. The van der Waals surface area contributed by atoms with E-state index in [1.165, 1.54) is 6.07 Å². The molecule has 0 bridgehead atoms. The summed E-state index contributed by atoms with van der Waals surface area (Å²) in [5.41, 5.74) is 1.21. The third kappa shape index (κ3) is 2.45. The van der Waals surface area contributed by atoms with Gasteiger partial charge < -0.3 is 9.52 Å². The molecule has 0 atom stereocenters. The van der Waals surface area contributed by atoms with Crippen LogP contribution in [0.1, 0.15) is 23.3 Å². The van der Waals surface area contributed by atoms with Gasteiger partial charge in [0.15, 0.2) is 0 Å². The average molecular weight is 196 g/mol. The van der Waals surface area contributed by atoms with E-state index in [-0.39, 0.29) is 12.0 Å². The smallest absolute Gasteiger partial charge is 0.336 e. The fraction of sp³-hybridized carbons (Fsp3) is 0.400. The maximum Gasteiger partial charge on any atom is 0.336 e.